The number of carbonyl (C=O) groups is 1. The molecule has 1 aliphatic carbocycles. The van der Waals surface area contributed by atoms with Crippen molar-refractivity contribution in [1.82, 2.24) is 10.2 Å². The molecule has 3 aromatic rings. The van der Waals surface area contributed by atoms with Gasteiger partial charge in [-0.15, -0.1) is 0 Å². The van der Waals surface area contributed by atoms with E-state index in [0.29, 0.717) is 12.2 Å². The van der Waals surface area contributed by atoms with E-state index in [0.717, 1.165) is 40.1 Å². The second kappa shape index (κ2) is 6.91. The molecule has 0 fully saturated rings. The summed E-state index contributed by atoms with van der Waals surface area (Å²) in [6, 6.07) is 16.4. The lowest BCUT2D eigenvalue weighted by Crippen LogP contribution is -2.33. The van der Waals surface area contributed by atoms with Crippen molar-refractivity contribution in [2.24, 2.45) is 5.41 Å². The maximum Gasteiger partial charge on any atom is 0.269 e. The molecule has 0 amide bonds. The van der Waals surface area contributed by atoms with Crippen LogP contribution in [0.3, 0.4) is 0 Å². The number of fused-ring (bicyclic) bond motifs is 1. The van der Waals surface area contributed by atoms with Gasteiger partial charge >= 0.3 is 0 Å². The van der Waals surface area contributed by atoms with Crippen LogP contribution in [0.1, 0.15) is 43.7 Å². The molecule has 7 nitrogen and oxygen atoms in total. The summed E-state index contributed by atoms with van der Waals surface area (Å²) in [7, 11) is 0. The molecule has 2 aliphatic rings. The molecule has 156 valence electrons. The van der Waals surface area contributed by atoms with Crippen molar-refractivity contribution in [1.29, 1.82) is 0 Å². The Morgan fingerprint density at radius 3 is 2.45 bits per heavy atom. The Kier molecular flexibility index (Phi) is 4.28. The Bertz CT molecular complexity index is 1220. The van der Waals surface area contributed by atoms with Crippen LogP contribution >= 0.6 is 0 Å². The van der Waals surface area contributed by atoms with Crippen LogP contribution in [0, 0.1) is 15.5 Å². The maximum absolute atomic E-state index is 13.3. The van der Waals surface area contributed by atoms with Gasteiger partial charge in [0.1, 0.15) is 0 Å². The fourth-order valence-corrected chi connectivity index (χ4v) is 4.74. The van der Waals surface area contributed by atoms with E-state index in [4.69, 9.17) is 0 Å². The highest BCUT2D eigenvalue weighted by Gasteiger charge is 2.42. The molecule has 31 heavy (non-hydrogen) atoms. The standard InChI is InChI=1S/C24H22N4O3/c1-24(2)12-17-20(18(29)13-24)19(14-6-4-3-5-7-14)21-22(26-27-23(21)25-17)15-8-10-16(11-9-15)28(30)31/h3-11,19H,12-13H2,1-2H3,(H2,25,26,27)/t19-/m1/s1. The SMILES string of the molecule is CC1(C)CC(=O)C2=C(C1)Nc1n[nH]c(-c3ccc([N+](=O)[O-])cc3)c1[C@@H]2c1ccccc1. The molecule has 1 aliphatic heterocycles. The molecular formula is C24H22N4O3. The van der Waals surface area contributed by atoms with Gasteiger partial charge in [-0.2, -0.15) is 5.10 Å². The predicted octanol–water partition coefficient (Wildman–Crippen LogP) is 5.19. The quantitative estimate of drug-likeness (QED) is 0.454. The largest absolute Gasteiger partial charge is 0.342 e. The van der Waals surface area contributed by atoms with E-state index < -0.39 is 4.92 Å². The van der Waals surface area contributed by atoms with Crippen LogP contribution < -0.4 is 5.32 Å². The van der Waals surface area contributed by atoms with Gasteiger partial charge in [-0.05, 0) is 29.5 Å². The molecule has 0 saturated heterocycles. The van der Waals surface area contributed by atoms with Gasteiger partial charge in [0.05, 0.1) is 10.6 Å². The molecule has 1 aromatic heterocycles. The summed E-state index contributed by atoms with van der Waals surface area (Å²) >= 11 is 0. The Morgan fingerprint density at radius 2 is 1.77 bits per heavy atom. The number of hydrogen-bond donors (Lipinski definition) is 2. The average molecular weight is 414 g/mol. The van der Waals surface area contributed by atoms with Gasteiger partial charge in [0.2, 0.25) is 0 Å². The lowest BCUT2D eigenvalue weighted by Gasteiger charge is -2.38. The summed E-state index contributed by atoms with van der Waals surface area (Å²) in [4.78, 5) is 24.0. The van der Waals surface area contributed by atoms with Gasteiger partial charge in [0.25, 0.3) is 5.69 Å². The third-order valence-corrected chi connectivity index (χ3v) is 6.07. The van der Waals surface area contributed by atoms with Gasteiger partial charge in [-0.25, -0.2) is 0 Å². The van der Waals surface area contributed by atoms with Crippen LogP contribution in [-0.4, -0.2) is 20.9 Å². The predicted molar refractivity (Wildman–Crippen MR) is 118 cm³/mol. The monoisotopic (exact) mass is 414 g/mol. The van der Waals surface area contributed by atoms with Gasteiger partial charge < -0.3 is 5.32 Å². The minimum Gasteiger partial charge on any atom is -0.342 e. The number of nitrogens with zero attached hydrogens (tertiary/aromatic N) is 2. The number of rotatable bonds is 3. The number of nitrogens with one attached hydrogen (secondary N) is 2. The lowest BCUT2D eigenvalue weighted by atomic mass is 9.69. The van der Waals surface area contributed by atoms with Crippen LogP contribution in [0.5, 0.6) is 0 Å². The van der Waals surface area contributed by atoms with Gasteiger partial charge in [0.15, 0.2) is 11.6 Å². The average Bonchev–Trinajstić information content (AvgIpc) is 3.15. The Labute approximate surface area is 179 Å². The molecule has 0 saturated carbocycles. The van der Waals surface area contributed by atoms with Crippen molar-refractivity contribution >= 4 is 17.3 Å². The highest BCUT2D eigenvalue weighted by atomic mass is 16.6. The van der Waals surface area contributed by atoms with E-state index in [1.54, 1.807) is 12.1 Å². The van der Waals surface area contributed by atoms with E-state index in [9.17, 15) is 14.9 Å². The summed E-state index contributed by atoms with van der Waals surface area (Å²) < 4.78 is 0. The van der Waals surface area contributed by atoms with Crippen LogP contribution in [-0.2, 0) is 4.79 Å². The topological polar surface area (TPSA) is 101 Å². The van der Waals surface area contributed by atoms with E-state index in [2.05, 4.69) is 29.4 Å². The molecule has 7 heteroatoms. The highest BCUT2D eigenvalue weighted by Crippen LogP contribution is 2.50. The van der Waals surface area contributed by atoms with Gasteiger partial charge in [0, 0.05) is 46.9 Å². The van der Waals surface area contributed by atoms with Crippen molar-refractivity contribution in [3.8, 4) is 11.3 Å². The molecule has 0 unspecified atom stereocenters. The lowest BCUT2D eigenvalue weighted by molar-refractivity contribution is -0.384. The first kappa shape index (κ1) is 19.2. The van der Waals surface area contributed by atoms with Crippen molar-refractivity contribution in [3.05, 3.63) is 87.1 Å². The first-order chi connectivity index (χ1) is 14.8. The molecule has 0 radical (unpaired) electrons. The second-order valence-corrected chi connectivity index (χ2v) is 8.97. The zero-order valence-electron chi connectivity index (χ0n) is 17.3. The number of nitro benzene ring substituents is 1. The van der Waals surface area contributed by atoms with Crippen LogP contribution in [0.2, 0.25) is 0 Å². The van der Waals surface area contributed by atoms with Crippen molar-refractivity contribution in [3.63, 3.8) is 0 Å². The summed E-state index contributed by atoms with van der Waals surface area (Å²) in [5.74, 6) is 0.598. The number of allylic oxidation sites excluding steroid dienone is 2. The molecule has 1 atom stereocenters. The number of hydrogen-bond acceptors (Lipinski definition) is 5. The zero-order chi connectivity index (χ0) is 21.8. The molecule has 0 spiro atoms. The number of non-ortho nitro benzene ring substituents is 1. The first-order valence-corrected chi connectivity index (χ1v) is 10.3. The molecule has 0 bridgehead atoms. The van der Waals surface area contributed by atoms with Gasteiger partial charge in [-0.1, -0.05) is 44.2 Å². The minimum atomic E-state index is -0.417. The molecule has 2 aromatic carbocycles. The fraction of sp³-hybridized carbons (Fsp3) is 0.250. The van der Waals surface area contributed by atoms with E-state index >= 15 is 0 Å². The second-order valence-electron chi connectivity index (χ2n) is 8.97. The van der Waals surface area contributed by atoms with Crippen molar-refractivity contribution in [2.45, 2.75) is 32.6 Å². The number of benzene rings is 2. The highest BCUT2D eigenvalue weighted by molar-refractivity contribution is 6.02. The van der Waals surface area contributed by atoms with Gasteiger partial charge in [-0.3, -0.25) is 20.0 Å². The fourth-order valence-electron chi connectivity index (χ4n) is 4.74. The zero-order valence-corrected chi connectivity index (χ0v) is 17.3. The Balaban J connectivity index is 1.69. The molecular weight excluding hydrogens is 392 g/mol. The number of aromatic amines is 1. The number of nitro groups is 1. The van der Waals surface area contributed by atoms with E-state index in [1.165, 1.54) is 12.1 Å². The van der Waals surface area contributed by atoms with E-state index in [1.807, 2.05) is 30.3 Å². The summed E-state index contributed by atoms with van der Waals surface area (Å²) in [5.41, 5.74) is 5.11. The third kappa shape index (κ3) is 3.22. The molecule has 5 rings (SSSR count). The summed E-state index contributed by atoms with van der Waals surface area (Å²) in [6.07, 6.45) is 1.27. The minimum absolute atomic E-state index is 0.0320. The van der Waals surface area contributed by atoms with Crippen molar-refractivity contribution in [2.75, 3.05) is 5.32 Å². The Hall–Kier alpha value is -3.74. The smallest absolute Gasteiger partial charge is 0.269 e. The van der Waals surface area contributed by atoms with Crippen molar-refractivity contribution < 1.29 is 9.72 Å². The molecule has 2 heterocycles. The number of Topliss-reactive ketones (excluding diaryl/α,β-unsaturated/α-hetero) is 1. The van der Waals surface area contributed by atoms with E-state index in [-0.39, 0.29) is 22.8 Å². The van der Waals surface area contributed by atoms with Crippen LogP contribution in [0.15, 0.2) is 65.9 Å². The number of H-pyrrole nitrogens is 1. The molecule has 2 N–H and O–H groups in total. The number of carbonyl (C=O) groups excluding carboxylic acids is 1. The summed E-state index contributed by atoms with van der Waals surface area (Å²) in [6.45, 7) is 4.21. The maximum atomic E-state index is 13.3. The Morgan fingerprint density at radius 1 is 1.06 bits per heavy atom. The number of ketones is 1. The summed E-state index contributed by atoms with van der Waals surface area (Å²) in [5, 5.41) is 22.1. The normalized spacial score (nSPS) is 19.4. The van der Waals surface area contributed by atoms with Crippen LogP contribution in [0.25, 0.3) is 11.3 Å². The first-order valence-electron chi connectivity index (χ1n) is 10.3. The number of aromatic nitrogens is 2. The van der Waals surface area contributed by atoms with Crippen LogP contribution in [0.4, 0.5) is 11.5 Å². The third-order valence-electron chi connectivity index (χ3n) is 6.07. The number of anilines is 1.